The molecule has 126 valence electrons. The molecule has 1 aliphatic rings. The average molecular weight is 337 g/mol. The lowest BCUT2D eigenvalue weighted by molar-refractivity contribution is -0.142. The molecule has 5 nitrogen and oxygen atoms in total. The molecule has 1 aromatic rings. The number of benzene rings is 1. The van der Waals surface area contributed by atoms with E-state index in [0.717, 1.165) is 23.5 Å². The van der Waals surface area contributed by atoms with E-state index >= 15 is 0 Å². The van der Waals surface area contributed by atoms with Gasteiger partial charge in [-0.25, -0.2) is 0 Å². The smallest absolute Gasteiger partial charge is 0.306 e. The number of carbonyl (C=O) groups excluding carboxylic acids is 1. The maximum Gasteiger partial charge on any atom is 0.306 e. The summed E-state index contributed by atoms with van der Waals surface area (Å²) < 4.78 is 5.38. The summed E-state index contributed by atoms with van der Waals surface area (Å²) in [6, 6.07) is 7.80. The van der Waals surface area contributed by atoms with Crippen molar-refractivity contribution < 1.29 is 19.4 Å². The standard InChI is InChI=1S/C17H23NO4S/c1-2-22-14-7-9-15(10-8-14)23-11-16(19)18-13-5-3-12(4-6-13)17(20)21/h7-10,12-13H,2-6,11H2,1H3,(H,18,19)(H,20,21). The van der Waals surface area contributed by atoms with Crippen LogP contribution >= 0.6 is 11.8 Å². The fraction of sp³-hybridized carbons (Fsp3) is 0.529. The highest BCUT2D eigenvalue weighted by molar-refractivity contribution is 8.00. The summed E-state index contributed by atoms with van der Waals surface area (Å²) in [6.07, 6.45) is 2.78. The van der Waals surface area contributed by atoms with Crippen molar-refractivity contribution in [3.8, 4) is 5.75 Å². The van der Waals surface area contributed by atoms with Crippen molar-refractivity contribution in [2.75, 3.05) is 12.4 Å². The summed E-state index contributed by atoms with van der Waals surface area (Å²) >= 11 is 1.49. The Hall–Kier alpha value is -1.69. The van der Waals surface area contributed by atoms with Crippen molar-refractivity contribution in [1.29, 1.82) is 0 Å². The maximum atomic E-state index is 12.0. The topological polar surface area (TPSA) is 75.6 Å². The second-order valence-electron chi connectivity index (χ2n) is 5.65. The first-order chi connectivity index (χ1) is 11.1. The van der Waals surface area contributed by atoms with Gasteiger partial charge in [0.05, 0.1) is 18.3 Å². The van der Waals surface area contributed by atoms with Crippen LogP contribution in [0.2, 0.25) is 0 Å². The predicted octanol–water partition coefficient (Wildman–Crippen LogP) is 2.94. The molecule has 0 atom stereocenters. The number of hydrogen-bond acceptors (Lipinski definition) is 4. The minimum Gasteiger partial charge on any atom is -0.494 e. The fourth-order valence-electron chi connectivity index (χ4n) is 2.70. The lowest BCUT2D eigenvalue weighted by Gasteiger charge is -2.26. The first-order valence-electron chi connectivity index (χ1n) is 7.96. The Morgan fingerprint density at radius 2 is 1.87 bits per heavy atom. The Labute approximate surface area is 140 Å². The molecule has 1 saturated carbocycles. The number of aliphatic carboxylic acids is 1. The van der Waals surface area contributed by atoms with Gasteiger partial charge >= 0.3 is 5.97 Å². The van der Waals surface area contributed by atoms with Crippen molar-refractivity contribution in [2.24, 2.45) is 5.92 Å². The molecule has 23 heavy (non-hydrogen) atoms. The second-order valence-corrected chi connectivity index (χ2v) is 6.70. The van der Waals surface area contributed by atoms with Crippen LogP contribution in [-0.2, 0) is 9.59 Å². The molecule has 2 N–H and O–H groups in total. The number of thioether (sulfide) groups is 1. The molecule has 1 aromatic carbocycles. The molecule has 1 fully saturated rings. The van der Waals surface area contributed by atoms with Crippen LogP contribution in [0.1, 0.15) is 32.6 Å². The van der Waals surface area contributed by atoms with Gasteiger partial charge in [-0.1, -0.05) is 0 Å². The Morgan fingerprint density at radius 3 is 2.43 bits per heavy atom. The van der Waals surface area contributed by atoms with Crippen LogP contribution in [0.15, 0.2) is 29.2 Å². The summed E-state index contributed by atoms with van der Waals surface area (Å²) in [5.41, 5.74) is 0. The molecule has 1 amide bonds. The van der Waals surface area contributed by atoms with Crippen molar-refractivity contribution in [3.63, 3.8) is 0 Å². The van der Waals surface area contributed by atoms with Crippen molar-refractivity contribution in [3.05, 3.63) is 24.3 Å². The molecule has 1 aliphatic carbocycles. The molecular weight excluding hydrogens is 314 g/mol. The van der Waals surface area contributed by atoms with Gasteiger partial charge in [0.25, 0.3) is 0 Å². The summed E-state index contributed by atoms with van der Waals surface area (Å²) in [7, 11) is 0. The molecule has 0 aromatic heterocycles. The van der Waals surface area contributed by atoms with Gasteiger partial charge in [0.2, 0.25) is 5.91 Å². The molecule has 0 bridgehead atoms. The minimum absolute atomic E-state index is 0.00246. The van der Waals surface area contributed by atoms with Gasteiger partial charge in [-0.15, -0.1) is 11.8 Å². The van der Waals surface area contributed by atoms with E-state index in [1.807, 2.05) is 31.2 Å². The second kappa shape index (κ2) is 8.82. The van der Waals surface area contributed by atoms with Crippen LogP contribution in [0.25, 0.3) is 0 Å². The molecule has 2 rings (SSSR count). The summed E-state index contributed by atoms with van der Waals surface area (Å²) in [5, 5.41) is 12.0. The van der Waals surface area contributed by atoms with E-state index in [4.69, 9.17) is 9.84 Å². The third kappa shape index (κ3) is 5.78. The molecule has 0 saturated heterocycles. The zero-order valence-electron chi connectivity index (χ0n) is 13.3. The van der Waals surface area contributed by atoms with E-state index in [-0.39, 0.29) is 17.9 Å². The molecule has 0 heterocycles. The zero-order chi connectivity index (χ0) is 16.7. The number of ether oxygens (including phenoxy) is 1. The number of hydrogen-bond donors (Lipinski definition) is 2. The summed E-state index contributed by atoms with van der Waals surface area (Å²) in [4.78, 5) is 23.9. The van der Waals surface area contributed by atoms with Crippen LogP contribution < -0.4 is 10.1 Å². The van der Waals surface area contributed by atoms with Gasteiger partial charge in [-0.2, -0.15) is 0 Å². The summed E-state index contributed by atoms with van der Waals surface area (Å²) in [5.74, 6) is 0.230. The van der Waals surface area contributed by atoms with Gasteiger partial charge in [0.1, 0.15) is 5.75 Å². The van der Waals surface area contributed by atoms with Gasteiger partial charge in [-0.05, 0) is 56.9 Å². The van der Waals surface area contributed by atoms with Crippen LogP contribution in [0.3, 0.4) is 0 Å². The van der Waals surface area contributed by atoms with Gasteiger partial charge < -0.3 is 15.2 Å². The van der Waals surface area contributed by atoms with E-state index in [9.17, 15) is 9.59 Å². The Bertz CT molecular complexity index is 524. The van der Waals surface area contributed by atoms with Gasteiger partial charge in [0, 0.05) is 10.9 Å². The highest BCUT2D eigenvalue weighted by Crippen LogP contribution is 2.25. The van der Waals surface area contributed by atoms with Gasteiger partial charge in [0.15, 0.2) is 0 Å². The molecule has 0 spiro atoms. The van der Waals surface area contributed by atoms with Crippen LogP contribution in [0, 0.1) is 5.92 Å². The van der Waals surface area contributed by atoms with E-state index < -0.39 is 5.97 Å². The van der Waals surface area contributed by atoms with Crippen LogP contribution in [0.5, 0.6) is 5.75 Å². The Kier molecular flexibility index (Phi) is 6.77. The van der Waals surface area contributed by atoms with Crippen molar-refractivity contribution in [2.45, 2.75) is 43.5 Å². The van der Waals surface area contributed by atoms with E-state index in [0.29, 0.717) is 25.2 Å². The molecule has 0 radical (unpaired) electrons. The number of rotatable bonds is 7. The van der Waals surface area contributed by atoms with E-state index in [1.54, 1.807) is 0 Å². The lowest BCUT2D eigenvalue weighted by Crippen LogP contribution is -2.39. The Morgan fingerprint density at radius 1 is 1.22 bits per heavy atom. The SMILES string of the molecule is CCOc1ccc(SCC(=O)NC2CCC(C(=O)O)CC2)cc1. The van der Waals surface area contributed by atoms with Crippen molar-refractivity contribution in [1.82, 2.24) is 5.32 Å². The predicted molar refractivity (Wildman–Crippen MR) is 89.9 cm³/mol. The molecule has 0 aliphatic heterocycles. The normalized spacial score (nSPS) is 20.7. The highest BCUT2D eigenvalue weighted by Gasteiger charge is 2.26. The third-order valence-corrected chi connectivity index (χ3v) is 4.96. The Balaban J connectivity index is 1.70. The average Bonchev–Trinajstić information content (AvgIpc) is 2.55. The number of amides is 1. The molecule has 0 unspecified atom stereocenters. The number of carboxylic acids is 1. The third-order valence-electron chi connectivity index (χ3n) is 3.95. The first kappa shape index (κ1) is 17.7. The van der Waals surface area contributed by atoms with Crippen molar-refractivity contribution >= 4 is 23.6 Å². The fourth-order valence-corrected chi connectivity index (χ4v) is 3.41. The molecular formula is C17H23NO4S. The quantitative estimate of drug-likeness (QED) is 0.748. The largest absolute Gasteiger partial charge is 0.494 e. The number of carbonyl (C=O) groups is 2. The lowest BCUT2D eigenvalue weighted by atomic mass is 9.86. The summed E-state index contributed by atoms with van der Waals surface area (Å²) in [6.45, 7) is 2.58. The van der Waals surface area contributed by atoms with E-state index in [1.165, 1.54) is 11.8 Å². The number of nitrogens with one attached hydrogen (secondary N) is 1. The van der Waals surface area contributed by atoms with Gasteiger partial charge in [-0.3, -0.25) is 9.59 Å². The number of carboxylic acid groups (broad SMARTS) is 1. The van der Waals surface area contributed by atoms with Crippen LogP contribution in [-0.4, -0.2) is 35.4 Å². The first-order valence-corrected chi connectivity index (χ1v) is 8.95. The zero-order valence-corrected chi connectivity index (χ0v) is 14.1. The maximum absolute atomic E-state index is 12.0. The molecule has 6 heteroatoms. The van der Waals surface area contributed by atoms with Crippen LogP contribution in [0.4, 0.5) is 0 Å². The monoisotopic (exact) mass is 337 g/mol. The van der Waals surface area contributed by atoms with E-state index in [2.05, 4.69) is 5.32 Å². The highest BCUT2D eigenvalue weighted by atomic mass is 32.2. The minimum atomic E-state index is -0.721.